The van der Waals surface area contributed by atoms with Crippen LogP contribution in [0.1, 0.15) is 22.9 Å². The molecule has 4 aromatic rings. The normalized spacial score (nSPS) is 16.9. The highest BCUT2D eigenvalue weighted by atomic mass is 16.6. The van der Waals surface area contributed by atoms with Crippen LogP contribution in [-0.4, -0.2) is 50.2 Å². The Labute approximate surface area is 211 Å². The Hall–Kier alpha value is -4.99. The lowest BCUT2D eigenvalue weighted by atomic mass is 9.98. The standard InChI is InChI=1S/C27H22N4O6/c1-37-19-9-10-21-20(14-19)17(15-29-21)11-13-30-24(22-4-2-3-12-28-22)23(26(33)27(30)34)25(32)16-5-7-18(8-6-16)31(35)36/h2-10,12,14-15,24,29,32H,11,13H2,1H3/t24-/m0/s1. The van der Waals surface area contributed by atoms with Gasteiger partial charge in [-0.15, -0.1) is 0 Å². The number of nitro groups is 1. The summed E-state index contributed by atoms with van der Waals surface area (Å²) in [5, 5.41) is 23.1. The molecule has 37 heavy (non-hydrogen) atoms. The number of amides is 1. The zero-order chi connectivity index (χ0) is 26.1. The molecule has 0 spiro atoms. The smallest absolute Gasteiger partial charge is 0.295 e. The molecule has 186 valence electrons. The molecule has 2 aromatic carbocycles. The maximum atomic E-state index is 13.2. The van der Waals surface area contributed by atoms with Crippen molar-refractivity contribution in [2.24, 2.45) is 0 Å². The number of nitrogens with one attached hydrogen (secondary N) is 1. The van der Waals surface area contributed by atoms with Crippen LogP contribution < -0.4 is 4.74 Å². The van der Waals surface area contributed by atoms with Crippen LogP contribution in [0.4, 0.5) is 5.69 Å². The number of hydrogen-bond donors (Lipinski definition) is 2. The molecule has 2 N–H and O–H groups in total. The number of aromatic amines is 1. The number of ketones is 1. The fourth-order valence-corrected chi connectivity index (χ4v) is 4.58. The zero-order valence-electron chi connectivity index (χ0n) is 19.7. The Morgan fingerprint density at radius 2 is 1.95 bits per heavy atom. The number of rotatable bonds is 7. The number of aliphatic hydroxyl groups is 1. The van der Waals surface area contributed by atoms with Crippen LogP contribution in [0, 0.1) is 10.1 Å². The number of ether oxygens (including phenoxy) is 1. The average Bonchev–Trinajstić information content (AvgIpc) is 3.44. The van der Waals surface area contributed by atoms with Crippen LogP contribution >= 0.6 is 0 Å². The average molecular weight is 498 g/mol. The van der Waals surface area contributed by atoms with Crippen LogP contribution in [-0.2, 0) is 16.0 Å². The Bertz CT molecular complexity index is 1540. The lowest BCUT2D eigenvalue weighted by Crippen LogP contribution is -2.32. The number of aromatic nitrogens is 2. The molecular weight excluding hydrogens is 476 g/mol. The summed E-state index contributed by atoms with van der Waals surface area (Å²) in [7, 11) is 1.59. The molecule has 1 saturated heterocycles. The van der Waals surface area contributed by atoms with Gasteiger partial charge in [0, 0.05) is 47.5 Å². The minimum atomic E-state index is -0.920. The van der Waals surface area contributed by atoms with Gasteiger partial charge >= 0.3 is 0 Å². The molecule has 5 rings (SSSR count). The Kier molecular flexibility index (Phi) is 6.14. The van der Waals surface area contributed by atoms with Gasteiger partial charge in [0.1, 0.15) is 17.6 Å². The predicted molar refractivity (Wildman–Crippen MR) is 135 cm³/mol. The maximum Gasteiger partial charge on any atom is 0.295 e. The van der Waals surface area contributed by atoms with E-state index in [4.69, 9.17) is 4.74 Å². The topological polar surface area (TPSA) is 139 Å². The number of benzene rings is 2. The third-order valence-electron chi connectivity index (χ3n) is 6.46. The Morgan fingerprint density at radius 3 is 2.62 bits per heavy atom. The molecule has 1 amide bonds. The van der Waals surface area contributed by atoms with Gasteiger partial charge in [0.15, 0.2) is 0 Å². The summed E-state index contributed by atoms with van der Waals surface area (Å²) < 4.78 is 5.33. The molecule has 0 saturated carbocycles. The van der Waals surface area contributed by atoms with Crippen molar-refractivity contribution in [1.29, 1.82) is 0 Å². The molecule has 0 unspecified atom stereocenters. The van der Waals surface area contributed by atoms with E-state index >= 15 is 0 Å². The summed E-state index contributed by atoms with van der Waals surface area (Å²) in [6.07, 6.45) is 3.84. The van der Waals surface area contributed by atoms with E-state index in [2.05, 4.69) is 9.97 Å². The molecule has 2 aromatic heterocycles. The number of pyridine rings is 1. The first-order valence-electron chi connectivity index (χ1n) is 11.5. The van der Waals surface area contributed by atoms with E-state index < -0.39 is 28.4 Å². The zero-order valence-corrected chi connectivity index (χ0v) is 19.7. The molecular formula is C27H22N4O6. The first-order valence-corrected chi connectivity index (χ1v) is 11.5. The van der Waals surface area contributed by atoms with Gasteiger partial charge < -0.3 is 19.7 Å². The van der Waals surface area contributed by atoms with Gasteiger partial charge in [-0.05, 0) is 54.4 Å². The van der Waals surface area contributed by atoms with Gasteiger partial charge in [0.25, 0.3) is 17.4 Å². The fraction of sp³-hybridized carbons (Fsp3) is 0.148. The van der Waals surface area contributed by atoms with Crippen molar-refractivity contribution in [2.45, 2.75) is 12.5 Å². The molecule has 10 heteroatoms. The molecule has 0 aliphatic carbocycles. The summed E-state index contributed by atoms with van der Waals surface area (Å²) in [5.74, 6) is -1.31. The minimum Gasteiger partial charge on any atom is -0.507 e. The Morgan fingerprint density at radius 1 is 1.16 bits per heavy atom. The van der Waals surface area contributed by atoms with Gasteiger partial charge in [-0.3, -0.25) is 24.7 Å². The highest BCUT2D eigenvalue weighted by molar-refractivity contribution is 6.46. The minimum absolute atomic E-state index is 0.113. The molecule has 1 atom stereocenters. The van der Waals surface area contributed by atoms with E-state index in [1.54, 1.807) is 31.5 Å². The molecule has 1 aliphatic heterocycles. The quantitative estimate of drug-likeness (QED) is 0.128. The van der Waals surface area contributed by atoms with Crippen LogP contribution in [0.5, 0.6) is 5.75 Å². The predicted octanol–water partition coefficient (Wildman–Crippen LogP) is 4.14. The SMILES string of the molecule is COc1ccc2[nH]cc(CCN3C(=O)C(=O)C(=C(O)c4ccc([N+](=O)[O-])cc4)[C@@H]3c3ccccn3)c2c1. The number of Topliss-reactive ketones (excluding diaryl/α,β-unsaturated/α-hetero) is 1. The van der Waals surface area contributed by atoms with E-state index in [1.165, 1.54) is 29.2 Å². The van der Waals surface area contributed by atoms with Crippen LogP contribution in [0.15, 0.2) is 78.6 Å². The van der Waals surface area contributed by atoms with Gasteiger partial charge in [-0.25, -0.2) is 0 Å². The maximum absolute atomic E-state index is 13.2. The summed E-state index contributed by atoms with van der Waals surface area (Å²) >= 11 is 0. The van der Waals surface area contributed by atoms with E-state index in [1.807, 2.05) is 24.4 Å². The van der Waals surface area contributed by atoms with E-state index in [0.717, 1.165) is 16.5 Å². The number of non-ortho nitro benzene ring substituents is 1. The van der Waals surface area contributed by atoms with Gasteiger partial charge in [0.05, 0.1) is 23.3 Å². The lowest BCUT2D eigenvalue weighted by Gasteiger charge is -2.24. The van der Waals surface area contributed by atoms with Gasteiger partial charge in [-0.1, -0.05) is 6.07 Å². The third kappa shape index (κ3) is 4.29. The lowest BCUT2D eigenvalue weighted by molar-refractivity contribution is -0.384. The number of carbonyl (C=O) groups excluding carboxylic acids is 2. The van der Waals surface area contributed by atoms with Crippen molar-refractivity contribution in [2.75, 3.05) is 13.7 Å². The number of H-pyrrole nitrogens is 1. The largest absolute Gasteiger partial charge is 0.507 e. The highest BCUT2D eigenvalue weighted by Crippen LogP contribution is 2.39. The van der Waals surface area contributed by atoms with E-state index in [-0.39, 0.29) is 23.4 Å². The first-order chi connectivity index (χ1) is 17.9. The number of nitrogens with zero attached hydrogens (tertiary/aromatic N) is 3. The van der Waals surface area contributed by atoms with Crippen LogP contribution in [0.3, 0.4) is 0 Å². The number of hydrogen-bond acceptors (Lipinski definition) is 7. The van der Waals surface area contributed by atoms with Crippen molar-refractivity contribution < 1.29 is 24.4 Å². The molecule has 10 nitrogen and oxygen atoms in total. The summed E-state index contributed by atoms with van der Waals surface area (Å²) in [5.41, 5.74) is 2.19. The third-order valence-corrected chi connectivity index (χ3v) is 6.46. The first kappa shape index (κ1) is 23.7. The summed E-state index contributed by atoms with van der Waals surface area (Å²) in [6.45, 7) is 0.188. The number of likely N-dealkylation sites (tertiary alicyclic amines) is 1. The van der Waals surface area contributed by atoms with Crippen molar-refractivity contribution in [3.05, 3.63) is 106 Å². The second-order valence-electron chi connectivity index (χ2n) is 8.53. The second-order valence-corrected chi connectivity index (χ2v) is 8.53. The van der Waals surface area contributed by atoms with E-state index in [0.29, 0.717) is 17.9 Å². The molecule has 3 heterocycles. The summed E-state index contributed by atoms with van der Waals surface area (Å²) in [4.78, 5) is 45.8. The number of methoxy groups -OCH3 is 1. The molecule has 0 bridgehead atoms. The van der Waals surface area contributed by atoms with Crippen LogP contribution in [0.2, 0.25) is 0 Å². The van der Waals surface area contributed by atoms with Crippen LogP contribution in [0.25, 0.3) is 16.7 Å². The molecule has 0 radical (unpaired) electrons. The van der Waals surface area contributed by atoms with Crippen molar-refractivity contribution in [3.63, 3.8) is 0 Å². The van der Waals surface area contributed by atoms with E-state index in [9.17, 15) is 24.8 Å². The highest BCUT2D eigenvalue weighted by Gasteiger charge is 2.46. The van der Waals surface area contributed by atoms with Gasteiger partial charge in [0.2, 0.25) is 0 Å². The monoisotopic (exact) mass is 498 g/mol. The number of carbonyl (C=O) groups is 2. The van der Waals surface area contributed by atoms with Crippen molar-refractivity contribution >= 4 is 34.0 Å². The van der Waals surface area contributed by atoms with Crippen molar-refractivity contribution in [3.8, 4) is 5.75 Å². The van der Waals surface area contributed by atoms with Gasteiger partial charge in [-0.2, -0.15) is 0 Å². The number of nitro benzene ring substituents is 1. The fourth-order valence-electron chi connectivity index (χ4n) is 4.58. The summed E-state index contributed by atoms with van der Waals surface area (Å²) in [6, 6.07) is 15.0. The second kappa shape index (κ2) is 9.57. The number of fused-ring (bicyclic) bond motifs is 1. The van der Waals surface area contributed by atoms with Crippen molar-refractivity contribution in [1.82, 2.24) is 14.9 Å². The molecule has 1 fully saturated rings. The number of aliphatic hydroxyl groups excluding tert-OH is 1. The molecule has 1 aliphatic rings. The Balaban J connectivity index is 1.53.